The standard InChI is InChI=1S/C13H9.C5H5.C3H6.Mo/c1-3-7-12-10(5-1)9-11-6-2-4-8-13(11)12;1-2-4-5-3-1;1-3-2;/h1-5,7-8H,9H2;1-3H,4H2;1-2H3;. The van der Waals surface area contributed by atoms with Crippen LogP contribution < -0.4 is 3.95 Å². The van der Waals surface area contributed by atoms with Gasteiger partial charge in [-0.05, 0) is 0 Å². The Morgan fingerprint density at radius 3 is 2.55 bits per heavy atom. The third-order valence-electron chi connectivity index (χ3n) is 4.44. The van der Waals surface area contributed by atoms with Crippen LogP contribution in [0.2, 0.25) is 0 Å². The molecule has 0 heterocycles. The van der Waals surface area contributed by atoms with E-state index in [1.807, 2.05) is 0 Å². The Morgan fingerprint density at radius 1 is 0.955 bits per heavy atom. The molecule has 110 valence electrons. The second-order valence-corrected chi connectivity index (χ2v) is 12.0. The molecule has 0 fully saturated rings. The van der Waals surface area contributed by atoms with E-state index in [9.17, 15) is 0 Å². The molecule has 2 aliphatic carbocycles. The van der Waals surface area contributed by atoms with Gasteiger partial charge >= 0.3 is 138 Å². The van der Waals surface area contributed by atoms with Crippen LogP contribution in [-0.2, 0) is 23.3 Å². The Kier molecular flexibility index (Phi) is 3.58. The van der Waals surface area contributed by atoms with Gasteiger partial charge in [0.1, 0.15) is 0 Å². The summed E-state index contributed by atoms with van der Waals surface area (Å²) in [6.45, 7) is 4.69. The molecule has 0 nitrogen and oxygen atoms in total. The van der Waals surface area contributed by atoms with E-state index in [-0.39, 0.29) is 0 Å². The van der Waals surface area contributed by atoms with E-state index in [4.69, 9.17) is 0 Å². The minimum absolute atomic E-state index is 1.12. The molecule has 4 rings (SSSR count). The van der Waals surface area contributed by atoms with Gasteiger partial charge < -0.3 is 0 Å². The molecule has 0 aliphatic heterocycles. The van der Waals surface area contributed by atoms with Crippen molar-refractivity contribution in [3.63, 3.8) is 0 Å². The fraction of sp³-hybridized carbons (Fsp3) is 0.190. The molecular formula is C21H20Mo. The fourth-order valence-electron chi connectivity index (χ4n) is 3.52. The van der Waals surface area contributed by atoms with Gasteiger partial charge in [-0.1, -0.05) is 0 Å². The van der Waals surface area contributed by atoms with E-state index in [0.717, 1.165) is 6.42 Å². The van der Waals surface area contributed by atoms with Crippen molar-refractivity contribution in [1.82, 2.24) is 0 Å². The summed E-state index contributed by atoms with van der Waals surface area (Å²) in [5, 5.41) is 0. The Hall–Kier alpha value is -1.52. The molecule has 0 unspecified atom stereocenters. The van der Waals surface area contributed by atoms with Gasteiger partial charge in [0.15, 0.2) is 0 Å². The Bertz CT molecular complexity index is 846. The molecule has 2 aromatic carbocycles. The number of benzene rings is 2. The van der Waals surface area contributed by atoms with Crippen LogP contribution in [0.1, 0.15) is 31.4 Å². The molecule has 0 saturated heterocycles. The van der Waals surface area contributed by atoms with E-state index in [0.29, 0.717) is 0 Å². The van der Waals surface area contributed by atoms with Crippen LogP contribution in [-0.4, -0.2) is 3.90 Å². The van der Waals surface area contributed by atoms with Gasteiger partial charge in [-0.25, -0.2) is 0 Å². The second-order valence-electron chi connectivity index (χ2n) is 6.10. The average molecular weight is 368 g/mol. The zero-order valence-corrected chi connectivity index (χ0v) is 15.1. The summed E-state index contributed by atoms with van der Waals surface area (Å²) in [6.07, 6.45) is 9.21. The normalized spacial score (nSPS) is 15.0. The van der Waals surface area contributed by atoms with Gasteiger partial charge in [0.2, 0.25) is 0 Å². The number of allylic oxidation sites excluding steroid dienone is 4. The third kappa shape index (κ3) is 2.22. The van der Waals surface area contributed by atoms with Crippen LogP contribution in [0.25, 0.3) is 11.1 Å². The van der Waals surface area contributed by atoms with Crippen molar-refractivity contribution in [2.45, 2.75) is 26.7 Å². The molecule has 2 aromatic rings. The Morgan fingerprint density at radius 2 is 1.77 bits per heavy atom. The summed E-state index contributed by atoms with van der Waals surface area (Å²) in [7, 11) is 0. The van der Waals surface area contributed by atoms with Crippen LogP contribution >= 0.6 is 0 Å². The molecule has 22 heavy (non-hydrogen) atoms. The molecule has 0 aromatic heterocycles. The van der Waals surface area contributed by atoms with E-state index in [1.54, 1.807) is 17.4 Å². The van der Waals surface area contributed by atoms with E-state index >= 15 is 0 Å². The molecular weight excluding hydrogens is 348 g/mol. The molecule has 0 bridgehead atoms. The Labute approximate surface area is 138 Å². The first kappa shape index (κ1) is 14.1. The Balaban J connectivity index is 1.90. The van der Waals surface area contributed by atoms with Crippen LogP contribution in [0.5, 0.6) is 0 Å². The van der Waals surface area contributed by atoms with Gasteiger partial charge in [-0.3, -0.25) is 0 Å². The predicted octanol–water partition coefficient (Wildman–Crippen LogP) is 4.56. The summed E-state index contributed by atoms with van der Waals surface area (Å²) < 4.78 is 5.03. The summed E-state index contributed by atoms with van der Waals surface area (Å²) in [5.74, 6) is 0. The molecule has 0 radical (unpaired) electrons. The van der Waals surface area contributed by atoms with Crippen molar-refractivity contribution < 1.29 is 16.9 Å². The predicted molar refractivity (Wildman–Crippen MR) is 92.5 cm³/mol. The SMILES string of the molecule is C[C](C)=[Mo]([C]1=CC=CC1)[c]1cccc2c1Cc1ccccc1-2. The average Bonchev–Trinajstić information content (AvgIpc) is 3.15. The van der Waals surface area contributed by atoms with Crippen LogP contribution in [0.3, 0.4) is 0 Å². The van der Waals surface area contributed by atoms with E-state index < -0.39 is 16.9 Å². The zero-order chi connectivity index (χ0) is 15.1. The van der Waals surface area contributed by atoms with Crippen molar-refractivity contribution in [2.24, 2.45) is 0 Å². The van der Waals surface area contributed by atoms with Crippen molar-refractivity contribution in [3.8, 4) is 11.1 Å². The van der Waals surface area contributed by atoms with Gasteiger partial charge in [-0.15, -0.1) is 0 Å². The van der Waals surface area contributed by atoms with E-state index in [1.165, 1.54) is 23.1 Å². The maximum absolute atomic E-state index is 2.41. The van der Waals surface area contributed by atoms with Crippen LogP contribution in [0.4, 0.5) is 0 Å². The van der Waals surface area contributed by atoms with Gasteiger partial charge in [0, 0.05) is 0 Å². The molecule has 0 amide bonds. The quantitative estimate of drug-likeness (QED) is 0.582. The maximum atomic E-state index is 2.41. The molecule has 0 N–H and O–H groups in total. The molecule has 2 aliphatic rings. The number of rotatable bonds is 2. The van der Waals surface area contributed by atoms with Crippen LogP contribution in [0.15, 0.2) is 64.7 Å². The topological polar surface area (TPSA) is 0 Å². The summed E-state index contributed by atoms with van der Waals surface area (Å²) in [4.78, 5) is 0. The molecule has 0 saturated carbocycles. The van der Waals surface area contributed by atoms with Gasteiger partial charge in [0.05, 0.1) is 0 Å². The first-order chi connectivity index (χ1) is 10.8. The second kappa shape index (κ2) is 5.59. The first-order valence-electron chi connectivity index (χ1n) is 7.86. The first-order valence-corrected chi connectivity index (χ1v) is 10.9. The summed E-state index contributed by atoms with van der Waals surface area (Å²) in [5.41, 5.74) is 6.03. The number of hydrogen-bond acceptors (Lipinski definition) is 0. The van der Waals surface area contributed by atoms with Crippen LogP contribution in [0, 0.1) is 0 Å². The third-order valence-corrected chi connectivity index (χ3v) is 10.5. The zero-order valence-electron chi connectivity index (χ0n) is 13.1. The molecule has 1 heteroatoms. The van der Waals surface area contributed by atoms with Gasteiger partial charge in [-0.2, -0.15) is 0 Å². The number of fused-ring (bicyclic) bond motifs is 3. The monoisotopic (exact) mass is 370 g/mol. The van der Waals surface area contributed by atoms with Gasteiger partial charge in [0.25, 0.3) is 0 Å². The van der Waals surface area contributed by atoms with Crippen molar-refractivity contribution in [1.29, 1.82) is 0 Å². The summed E-state index contributed by atoms with van der Waals surface area (Å²) in [6, 6.07) is 15.9. The van der Waals surface area contributed by atoms with Crippen molar-refractivity contribution >= 4 is 7.85 Å². The summed E-state index contributed by atoms with van der Waals surface area (Å²) >= 11 is -1.55. The van der Waals surface area contributed by atoms with Crippen molar-refractivity contribution in [2.75, 3.05) is 0 Å². The van der Waals surface area contributed by atoms with Crippen molar-refractivity contribution in [3.05, 3.63) is 75.8 Å². The fourth-order valence-corrected chi connectivity index (χ4v) is 9.34. The molecule has 0 atom stereocenters. The molecule has 0 spiro atoms. The van der Waals surface area contributed by atoms with E-state index in [2.05, 4.69) is 74.5 Å². The minimum atomic E-state index is -1.55. The number of hydrogen-bond donors (Lipinski definition) is 0.